The average Bonchev–Trinajstić information content (AvgIpc) is 2.38. The number of benzene rings is 2. The number of hydrogen-bond acceptors (Lipinski definition) is 3. The molecule has 0 atom stereocenters. The van der Waals surface area contributed by atoms with Crippen LogP contribution in [0.15, 0.2) is 53.4 Å². The van der Waals surface area contributed by atoms with Crippen LogP contribution in [-0.4, -0.2) is 8.42 Å². The maximum atomic E-state index is 12.4. The summed E-state index contributed by atoms with van der Waals surface area (Å²) in [6.45, 7) is 5.59. The van der Waals surface area contributed by atoms with Crippen molar-refractivity contribution in [1.82, 2.24) is 0 Å². The number of para-hydroxylation sites is 1. The van der Waals surface area contributed by atoms with Crippen LogP contribution < -0.4 is 10.5 Å². The van der Waals surface area contributed by atoms with Crippen LogP contribution in [0.5, 0.6) is 0 Å². The number of aryl methyl sites for hydroxylation is 1. The SMILES string of the molecule is Cc1ccc(S(=O)(=O)Nc2ccccc2C(C)(C)N)cc1. The molecule has 0 aromatic heterocycles. The molecule has 2 aromatic carbocycles. The molecule has 0 saturated carbocycles. The molecule has 5 heteroatoms. The highest BCUT2D eigenvalue weighted by atomic mass is 32.2. The highest BCUT2D eigenvalue weighted by molar-refractivity contribution is 7.92. The van der Waals surface area contributed by atoms with Crippen molar-refractivity contribution >= 4 is 15.7 Å². The van der Waals surface area contributed by atoms with Gasteiger partial charge in [0.15, 0.2) is 0 Å². The summed E-state index contributed by atoms with van der Waals surface area (Å²) in [5, 5.41) is 0. The number of anilines is 1. The lowest BCUT2D eigenvalue weighted by atomic mass is 9.94. The van der Waals surface area contributed by atoms with Crippen LogP contribution in [-0.2, 0) is 15.6 Å². The van der Waals surface area contributed by atoms with Gasteiger partial charge in [0.05, 0.1) is 10.6 Å². The third-order valence-electron chi connectivity index (χ3n) is 3.20. The van der Waals surface area contributed by atoms with Gasteiger partial charge in [-0.1, -0.05) is 35.9 Å². The highest BCUT2D eigenvalue weighted by Crippen LogP contribution is 2.27. The summed E-state index contributed by atoms with van der Waals surface area (Å²) in [6, 6.07) is 13.9. The summed E-state index contributed by atoms with van der Waals surface area (Å²) in [4.78, 5) is 0.234. The molecule has 0 bridgehead atoms. The summed E-state index contributed by atoms with van der Waals surface area (Å²) in [6.07, 6.45) is 0. The zero-order valence-electron chi connectivity index (χ0n) is 12.4. The van der Waals surface area contributed by atoms with Crippen molar-refractivity contribution in [1.29, 1.82) is 0 Å². The van der Waals surface area contributed by atoms with Gasteiger partial charge in [-0.15, -0.1) is 0 Å². The molecular formula is C16H20N2O2S. The van der Waals surface area contributed by atoms with Gasteiger partial charge in [-0.25, -0.2) is 8.42 Å². The molecule has 21 heavy (non-hydrogen) atoms. The first-order valence-corrected chi connectivity index (χ1v) is 8.16. The van der Waals surface area contributed by atoms with E-state index < -0.39 is 15.6 Å². The predicted molar refractivity (Wildman–Crippen MR) is 85.6 cm³/mol. The normalized spacial score (nSPS) is 12.2. The van der Waals surface area contributed by atoms with E-state index in [4.69, 9.17) is 5.73 Å². The van der Waals surface area contributed by atoms with Crippen molar-refractivity contribution in [3.05, 3.63) is 59.7 Å². The molecule has 2 rings (SSSR count). The molecule has 2 aromatic rings. The second-order valence-corrected chi connectivity index (χ2v) is 7.37. The van der Waals surface area contributed by atoms with E-state index in [9.17, 15) is 8.42 Å². The lowest BCUT2D eigenvalue weighted by Gasteiger charge is -2.23. The molecule has 0 spiro atoms. The highest BCUT2D eigenvalue weighted by Gasteiger charge is 2.21. The van der Waals surface area contributed by atoms with E-state index in [0.29, 0.717) is 5.69 Å². The van der Waals surface area contributed by atoms with Crippen molar-refractivity contribution in [2.45, 2.75) is 31.2 Å². The number of hydrogen-bond donors (Lipinski definition) is 2. The Labute approximate surface area is 126 Å². The van der Waals surface area contributed by atoms with Crippen LogP contribution in [0, 0.1) is 6.92 Å². The van der Waals surface area contributed by atoms with Gasteiger partial charge in [0.1, 0.15) is 0 Å². The Morgan fingerprint density at radius 3 is 2.14 bits per heavy atom. The van der Waals surface area contributed by atoms with E-state index in [2.05, 4.69) is 4.72 Å². The third kappa shape index (κ3) is 3.62. The van der Waals surface area contributed by atoms with Crippen molar-refractivity contribution in [3.63, 3.8) is 0 Å². The molecule has 0 unspecified atom stereocenters. The van der Waals surface area contributed by atoms with Gasteiger partial charge in [0, 0.05) is 5.54 Å². The molecule has 4 nitrogen and oxygen atoms in total. The number of rotatable bonds is 4. The minimum Gasteiger partial charge on any atom is -0.322 e. The van der Waals surface area contributed by atoms with Gasteiger partial charge in [0.2, 0.25) is 0 Å². The molecule has 0 saturated heterocycles. The van der Waals surface area contributed by atoms with Gasteiger partial charge >= 0.3 is 0 Å². The monoisotopic (exact) mass is 304 g/mol. The smallest absolute Gasteiger partial charge is 0.261 e. The largest absolute Gasteiger partial charge is 0.322 e. The molecule has 0 amide bonds. The fourth-order valence-electron chi connectivity index (χ4n) is 2.06. The first-order valence-electron chi connectivity index (χ1n) is 6.68. The van der Waals surface area contributed by atoms with Crippen molar-refractivity contribution in [3.8, 4) is 0 Å². The van der Waals surface area contributed by atoms with Gasteiger partial charge in [0.25, 0.3) is 10.0 Å². The van der Waals surface area contributed by atoms with E-state index in [1.807, 2.05) is 32.9 Å². The minimum atomic E-state index is -3.62. The fourth-order valence-corrected chi connectivity index (χ4v) is 3.13. The van der Waals surface area contributed by atoms with Gasteiger partial charge in [-0.05, 0) is 44.5 Å². The topological polar surface area (TPSA) is 72.2 Å². The summed E-state index contributed by atoms with van der Waals surface area (Å²) in [5.41, 5.74) is 7.73. The second kappa shape index (κ2) is 5.50. The molecule has 0 aliphatic rings. The van der Waals surface area contributed by atoms with Crippen LogP contribution in [0.2, 0.25) is 0 Å². The van der Waals surface area contributed by atoms with E-state index in [0.717, 1.165) is 11.1 Å². The van der Waals surface area contributed by atoms with E-state index in [1.165, 1.54) is 0 Å². The Kier molecular flexibility index (Phi) is 4.07. The van der Waals surface area contributed by atoms with Crippen LogP contribution in [0.25, 0.3) is 0 Å². The Morgan fingerprint density at radius 2 is 1.57 bits per heavy atom. The van der Waals surface area contributed by atoms with E-state index in [-0.39, 0.29) is 4.90 Å². The minimum absolute atomic E-state index is 0.234. The summed E-state index contributed by atoms with van der Waals surface area (Å²) in [7, 11) is -3.62. The van der Waals surface area contributed by atoms with E-state index in [1.54, 1.807) is 36.4 Å². The summed E-state index contributed by atoms with van der Waals surface area (Å²) in [5.74, 6) is 0. The average molecular weight is 304 g/mol. The van der Waals surface area contributed by atoms with Crippen molar-refractivity contribution in [2.24, 2.45) is 5.73 Å². The first-order chi connectivity index (χ1) is 9.70. The van der Waals surface area contributed by atoms with Gasteiger partial charge in [-0.2, -0.15) is 0 Å². The molecule has 0 aliphatic heterocycles. The van der Waals surface area contributed by atoms with Crippen LogP contribution in [0.4, 0.5) is 5.69 Å². The number of nitrogens with one attached hydrogen (secondary N) is 1. The molecule has 0 fully saturated rings. The zero-order chi connectivity index (χ0) is 15.7. The summed E-state index contributed by atoms with van der Waals surface area (Å²) < 4.78 is 27.5. The number of sulfonamides is 1. The maximum absolute atomic E-state index is 12.4. The Bertz CT molecular complexity index is 730. The third-order valence-corrected chi connectivity index (χ3v) is 4.58. The molecule has 0 radical (unpaired) electrons. The van der Waals surface area contributed by atoms with Gasteiger partial charge < -0.3 is 5.73 Å². The molecule has 0 heterocycles. The maximum Gasteiger partial charge on any atom is 0.261 e. The lowest BCUT2D eigenvalue weighted by molar-refractivity contribution is 0.556. The van der Waals surface area contributed by atoms with Crippen molar-refractivity contribution in [2.75, 3.05) is 4.72 Å². The zero-order valence-corrected chi connectivity index (χ0v) is 13.2. The molecule has 112 valence electrons. The standard InChI is InChI=1S/C16H20N2O2S/c1-12-8-10-13(11-9-12)21(19,20)18-15-7-5-4-6-14(15)16(2,3)17/h4-11,18H,17H2,1-3H3. The van der Waals surface area contributed by atoms with Gasteiger partial charge in [-0.3, -0.25) is 4.72 Å². The van der Waals surface area contributed by atoms with Crippen molar-refractivity contribution < 1.29 is 8.42 Å². The quantitative estimate of drug-likeness (QED) is 0.912. The Morgan fingerprint density at radius 1 is 1.00 bits per heavy atom. The Hall–Kier alpha value is -1.85. The predicted octanol–water partition coefficient (Wildman–Crippen LogP) is 2.99. The van der Waals surface area contributed by atoms with Crippen LogP contribution >= 0.6 is 0 Å². The molecular weight excluding hydrogens is 284 g/mol. The lowest BCUT2D eigenvalue weighted by Crippen LogP contribution is -2.30. The molecule has 0 aliphatic carbocycles. The molecule has 3 N–H and O–H groups in total. The van der Waals surface area contributed by atoms with E-state index >= 15 is 0 Å². The summed E-state index contributed by atoms with van der Waals surface area (Å²) >= 11 is 0. The van der Waals surface area contributed by atoms with Crippen LogP contribution in [0.1, 0.15) is 25.0 Å². The number of nitrogens with two attached hydrogens (primary N) is 1. The second-order valence-electron chi connectivity index (χ2n) is 5.69. The Balaban J connectivity index is 2.40. The fraction of sp³-hybridized carbons (Fsp3) is 0.250. The van der Waals surface area contributed by atoms with Crippen LogP contribution in [0.3, 0.4) is 0 Å². The first kappa shape index (κ1) is 15.5.